The van der Waals surface area contributed by atoms with Gasteiger partial charge in [-0.25, -0.2) is 4.79 Å². The Labute approximate surface area is 140 Å². The predicted molar refractivity (Wildman–Crippen MR) is 89.2 cm³/mol. The number of carbonyl (C=O) groups is 2. The van der Waals surface area contributed by atoms with Crippen LogP contribution in [0, 0.1) is 0 Å². The molecule has 1 heterocycles. The molecule has 1 aliphatic rings. The molecule has 0 radical (unpaired) electrons. The molecule has 2 aromatic rings. The number of likely N-dealkylation sites (N-methyl/N-ethyl adjacent to an activating group) is 1. The first kappa shape index (κ1) is 16.1. The van der Waals surface area contributed by atoms with Gasteiger partial charge in [0.15, 0.2) is 0 Å². The van der Waals surface area contributed by atoms with E-state index in [0.717, 1.165) is 16.9 Å². The molecule has 1 N–H and O–H groups in total. The molecule has 1 atom stereocenters. The normalized spacial score (nSPS) is 16.0. The van der Waals surface area contributed by atoms with Gasteiger partial charge in [0, 0.05) is 19.2 Å². The van der Waals surface area contributed by atoms with E-state index in [1.807, 2.05) is 24.3 Å². The highest BCUT2D eigenvalue weighted by molar-refractivity contribution is 5.87. The van der Waals surface area contributed by atoms with Crippen LogP contribution >= 0.6 is 0 Å². The van der Waals surface area contributed by atoms with Crippen LogP contribution in [0.25, 0.3) is 0 Å². The summed E-state index contributed by atoms with van der Waals surface area (Å²) in [6.45, 7) is 0.979. The first-order valence-corrected chi connectivity index (χ1v) is 7.85. The monoisotopic (exact) mass is 325 g/mol. The van der Waals surface area contributed by atoms with Crippen LogP contribution in [0.1, 0.15) is 33.8 Å². The molecule has 5 nitrogen and oxygen atoms in total. The lowest BCUT2D eigenvalue weighted by molar-refractivity contribution is -0.132. The molecule has 2 aromatic carbocycles. The average Bonchev–Trinajstić information content (AvgIpc) is 2.61. The van der Waals surface area contributed by atoms with E-state index in [1.165, 1.54) is 0 Å². The number of para-hydroxylation sites is 1. The molecule has 3 rings (SSSR count). The summed E-state index contributed by atoms with van der Waals surface area (Å²) < 4.78 is 5.61. The standard InChI is InChI=1S/C19H19NO4/c1-20(12-13-6-8-14(9-7-13)19(22)23)18(21)16-10-11-24-17-5-3-2-4-15(16)17/h2-9,16H,10-12H2,1H3,(H,22,23). The second-order valence-electron chi connectivity index (χ2n) is 5.92. The SMILES string of the molecule is CN(Cc1ccc(C(=O)O)cc1)C(=O)C1CCOc2ccccc21. The Bertz CT molecular complexity index is 754. The van der Waals surface area contributed by atoms with Crippen molar-refractivity contribution >= 4 is 11.9 Å². The quantitative estimate of drug-likeness (QED) is 0.938. The van der Waals surface area contributed by atoms with Crippen LogP contribution in [0.5, 0.6) is 5.75 Å². The van der Waals surface area contributed by atoms with Gasteiger partial charge in [-0.2, -0.15) is 0 Å². The van der Waals surface area contributed by atoms with Crippen molar-refractivity contribution in [3.8, 4) is 5.75 Å². The first-order valence-electron chi connectivity index (χ1n) is 7.85. The molecule has 0 saturated carbocycles. The topological polar surface area (TPSA) is 66.8 Å². The fourth-order valence-electron chi connectivity index (χ4n) is 2.97. The average molecular weight is 325 g/mol. The number of ether oxygens (including phenoxy) is 1. The lowest BCUT2D eigenvalue weighted by Crippen LogP contribution is -2.33. The Balaban J connectivity index is 1.72. The van der Waals surface area contributed by atoms with E-state index in [-0.39, 0.29) is 17.4 Å². The second kappa shape index (κ2) is 6.74. The predicted octanol–water partition coefficient (Wildman–Crippen LogP) is 2.91. The maximum atomic E-state index is 12.8. The van der Waals surface area contributed by atoms with E-state index >= 15 is 0 Å². The van der Waals surface area contributed by atoms with Crippen LogP contribution in [0.3, 0.4) is 0 Å². The number of fused-ring (bicyclic) bond motifs is 1. The van der Waals surface area contributed by atoms with Gasteiger partial charge < -0.3 is 14.7 Å². The fraction of sp³-hybridized carbons (Fsp3) is 0.263. The smallest absolute Gasteiger partial charge is 0.335 e. The summed E-state index contributed by atoms with van der Waals surface area (Å²) in [4.78, 5) is 25.4. The van der Waals surface area contributed by atoms with Crippen LogP contribution in [-0.2, 0) is 11.3 Å². The van der Waals surface area contributed by atoms with E-state index in [2.05, 4.69) is 0 Å². The lowest BCUT2D eigenvalue weighted by atomic mass is 9.92. The number of carbonyl (C=O) groups excluding carboxylic acids is 1. The van der Waals surface area contributed by atoms with Crippen molar-refractivity contribution in [2.45, 2.75) is 18.9 Å². The Morgan fingerprint density at radius 2 is 1.88 bits per heavy atom. The van der Waals surface area contributed by atoms with Crippen molar-refractivity contribution in [3.63, 3.8) is 0 Å². The molecular formula is C19H19NO4. The van der Waals surface area contributed by atoms with Gasteiger partial charge in [0.05, 0.1) is 18.1 Å². The highest BCUT2D eigenvalue weighted by atomic mass is 16.5. The zero-order valence-corrected chi connectivity index (χ0v) is 13.4. The minimum absolute atomic E-state index is 0.0491. The lowest BCUT2D eigenvalue weighted by Gasteiger charge is -2.28. The van der Waals surface area contributed by atoms with Crippen molar-refractivity contribution in [3.05, 3.63) is 65.2 Å². The number of aromatic carboxylic acids is 1. The molecule has 0 fully saturated rings. The van der Waals surface area contributed by atoms with Gasteiger partial charge in [0.1, 0.15) is 5.75 Å². The molecule has 0 bridgehead atoms. The van der Waals surface area contributed by atoms with Gasteiger partial charge in [0.25, 0.3) is 0 Å². The summed E-state index contributed by atoms with van der Waals surface area (Å²) in [5.74, 6) is -0.322. The van der Waals surface area contributed by atoms with Crippen LogP contribution in [-0.4, -0.2) is 35.5 Å². The van der Waals surface area contributed by atoms with E-state index in [1.54, 1.807) is 36.2 Å². The Morgan fingerprint density at radius 1 is 1.17 bits per heavy atom. The number of rotatable bonds is 4. The Kier molecular flexibility index (Phi) is 4.51. The fourth-order valence-corrected chi connectivity index (χ4v) is 2.97. The maximum absolute atomic E-state index is 12.8. The molecule has 1 amide bonds. The number of carboxylic acid groups (broad SMARTS) is 1. The van der Waals surface area contributed by atoms with Gasteiger partial charge >= 0.3 is 5.97 Å². The molecule has 0 saturated heterocycles. The molecule has 5 heteroatoms. The van der Waals surface area contributed by atoms with Gasteiger partial charge in [0.2, 0.25) is 5.91 Å². The molecule has 1 aliphatic heterocycles. The minimum atomic E-state index is -0.954. The third kappa shape index (κ3) is 3.25. The Morgan fingerprint density at radius 3 is 2.58 bits per heavy atom. The molecule has 0 spiro atoms. The van der Waals surface area contributed by atoms with Crippen molar-refractivity contribution in [1.82, 2.24) is 4.90 Å². The molecular weight excluding hydrogens is 306 g/mol. The molecule has 1 unspecified atom stereocenters. The van der Waals surface area contributed by atoms with Crippen LogP contribution < -0.4 is 4.74 Å². The molecule has 24 heavy (non-hydrogen) atoms. The van der Waals surface area contributed by atoms with Gasteiger partial charge in [-0.15, -0.1) is 0 Å². The van der Waals surface area contributed by atoms with E-state index in [4.69, 9.17) is 9.84 Å². The van der Waals surface area contributed by atoms with Crippen LogP contribution in [0.2, 0.25) is 0 Å². The first-order chi connectivity index (χ1) is 11.6. The summed E-state index contributed by atoms with van der Waals surface area (Å²) in [5.41, 5.74) is 2.07. The highest BCUT2D eigenvalue weighted by Crippen LogP contribution is 2.34. The summed E-state index contributed by atoms with van der Waals surface area (Å²) in [7, 11) is 1.77. The van der Waals surface area contributed by atoms with Gasteiger partial charge in [-0.1, -0.05) is 30.3 Å². The third-order valence-electron chi connectivity index (χ3n) is 4.25. The largest absolute Gasteiger partial charge is 0.493 e. The van der Waals surface area contributed by atoms with Crippen molar-refractivity contribution in [2.24, 2.45) is 0 Å². The Hall–Kier alpha value is -2.82. The van der Waals surface area contributed by atoms with Crippen LogP contribution in [0.4, 0.5) is 0 Å². The van der Waals surface area contributed by atoms with E-state index in [0.29, 0.717) is 19.6 Å². The summed E-state index contributed by atoms with van der Waals surface area (Å²) >= 11 is 0. The molecule has 0 aromatic heterocycles. The number of amides is 1. The second-order valence-corrected chi connectivity index (χ2v) is 5.92. The van der Waals surface area contributed by atoms with E-state index in [9.17, 15) is 9.59 Å². The maximum Gasteiger partial charge on any atom is 0.335 e. The zero-order chi connectivity index (χ0) is 17.1. The summed E-state index contributed by atoms with van der Waals surface area (Å²) in [5, 5.41) is 8.93. The van der Waals surface area contributed by atoms with Crippen LogP contribution in [0.15, 0.2) is 48.5 Å². The number of carboxylic acids is 1. The molecule has 0 aliphatic carbocycles. The molecule has 124 valence electrons. The summed E-state index contributed by atoms with van der Waals surface area (Å²) in [6, 6.07) is 14.2. The van der Waals surface area contributed by atoms with Gasteiger partial charge in [-0.3, -0.25) is 4.79 Å². The van der Waals surface area contributed by atoms with E-state index < -0.39 is 5.97 Å². The summed E-state index contributed by atoms with van der Waals surface area (Å²) in [6.07, 6.45) is 0.665. The zero-order valence-electron chi connectivity index (χ0n) is 13.4. The number of hydrogen-bond acceptors (Lipinski definition) is 3. The van der Waals surface area contributed by atoms with Crippen molar-refractivity contribution < 1.29 is 19.4 Å². The highest BCUT2D eigenvalue weighted by Gasteiger charge is 2.29. The van der Waals surface area contributed by atoms with Crippen molar-refractivity contribution in [1.29, 1.82) is 0 Å². The minimum Gasteiger partial charge on any atom is -0.493 e. The van der Waals surface area contributed by atoms with Gasteiger partial charge in [-0.05, 0) is 30.2 Å². The third-order valence-corrected chi connectivity index (χ3v) is 4.25. The number of nitrogens with zero attached hydrogens (tertiary/aromatic N) is 1. The van der Waals surface area contributed by atoms with Crippen molar-refractivity contribution in [2.75, 3.05) is 13.7 Å². The number of benzene rings is 2. The number of hydrogen-bond donors (Lipinski definition) is 1.